The number of halogens is 1. The molecule has 26 heavy (non-hydrogen) atoms. The standard InChI is InChI=1S/C18H20ClN3O3S/c1-2-11(10-15(20)23)21-16(24)12-4-3-9-22(12)17(25)18(7-8-18)13-5-6-14(19)26-13/h1,5-6,11-12H,3-4,7-10H2,(H2,20,23)(H,21,24)/t11-,12+/m1/s1. The lowest BCUT2D eigenvalue weighted by Crippen LogP contribution is -2.51. The fraction of sp³-hybridized carbons (Fsp3) is 0.500. The van der Waals surface area contributed by atoms with E-state index in [0.29, 0.717) is 17.3 Å². The van der Waals surface area contributed by atoms with Gasteiger partial charge in [0.2, 0.25) is 17.7 Å². The number of likely N-dealkylation sites (tertiary alicyclic amines) is 1. The number of carbonyl (C=O) groups excluding carboxylic acids is 3. The van der Waals surface area contributed by atoms with Crippen LogP contribution in [0.5, 0.6) is 0 Å². The summed E-state index contributed by atoms with van der Waals surface area (Å²) in [7, 11) is 0. The monoisotopic (exact) mass is 393 g/mol. The lowest BCUT2D eigenvalue weighted by atomic mass is 10.0. The van der Waals surface area contributed by atoms with Crippen LogP contribution in [0.25, 0.3) is 0 Å². The van der Waals surface area contributed by atoms with E-state index >= 15 is 0 Å². The predicted octanol–water partition coefficient (Wildman–Crippen LogP) is 1.42. The van der Waals surface area contributed by atoms with Gasteiger partial charge in [0, 0.05) is 11.4 Å². The van der Waals surface area contributed by atoms with E-state index in [1.54, 1.807) is 11.0 Å². The first-order valence-electron chi connectivity index (χ1n) is 8.49. The average molecular weight is 394 g/mol. The Morgan fingerprint density at radius 3 is 2.73 bits per heavy atom. The van der Waals surface area contributed by atoms with Crippen molar-refractivity contribution in [3.8, 4) is 12.3 Å². The zero-order valence-electron chi connectivity index (χ0n) is 14.2. The summed E-state index contributed by atoms with van der Waals surface area (Å²) in [6, 6.07) is 2.36. The highest BCUT2D eigenvalue weighted by molar-refractivity contribution is 7.16. The minimum absolute atomic E-state index is 0.0270. The van der Waals surface area contributed by atoms with Gasteiger partial charge in [0.25, 0.3) is 0 Å². The molecule has 8 heteroatoms. The molecule has 1 aromatic rings. The van der Waals surface area contributed by atoms with Gasteiger partial charge in [0.1, 0.15) is 6.04 Å². The van der Waals surface area contributed by atoms with Crippen molar-refractivity contribution < 1.29 is 14.4 Å². The van der Waals surface area contributed by atoms with Gasteiger partial charge >= 0.3 is 0 Å². The van der Waals surface area contributed by atoms with Crippen LogP contribution in [0.3, 0.4) is 0 Å². The summed E-state index contributed by atoms with van der Waals surface area (Å²) in [6.07, 6.45) is 8.09. The average Bonchev–Trinajstić information content (AvgIpc) is 3.04. The van der Waals surface area contributed by atoms with E-state index in [2.05, 4.69) is 11.2 Å². The summed E-state index contributed by atoms with van der Waals surface area (Å²) in [5.41, 5.74) is 4.60. The maximum Gasteiger partial charge on any atom is 0.243 e. The van der Waals surface area contributed by atoms with Gasteiger partial charge in [-0.05, 0) is 37.8 Å². The molecule has 0 bridgehead atoms. The number of primary amides is 1. The Balaban J connectivity index is 1.72. The van der Waals surface area contributed by atoms with Crippen molar-refractivity contribution in [1.82, 2.24) is 10.2 Å². The second kappa shape index (κ2) is 7.29. The molecular weight excluding hydrogens is 374 g/mol. The van der Waals surface area contributed by atoms with E-state index in [1.165, 1.54) is 11.3 Å². The zero-order valence-corrected chi connectivity index (χ0v) is 15.7. The van der Waals surface area contributed by atoms with Gasteiger partial charge in [-0.1, -0.05) is 17.5 Å². The highest BCUT2D eigenvalue weighted by atomic mass is 35.5. The van der Waals surface area contributed by atoms with Crippen LogP contribution in [0, 0.1) is 12.3 Å². The lowest BCUT2D eigenvalue weighted by Gasteiger charge is -2.28. The summed E-state index contributed by atoms with van der Waals surface area (Å²) in [5, 5.41) is 2.65. The lowest BCUT2D eigenvalue weighted by molar-refractivity contribution is -0.140. The van der Waals surface area contributed by atoms with Gasteiger partial charge in [0.15, 0.2) is 0 Å². The summed E-state index contributed by atoms with van der Waals surface area (Å²) in [4.78, 5) is 39.5. The molecule has 1 aliphatic carbocycles. The number of carbonyl (C=O) groups is 3. The molecule has 0 spiro atoms. The molecule has 1 aromatic heterocycles. The van der Waals surface area contributed by atoms with Crippen LogP contribution in [-0.4, -0.2) is 41.2 Å². The molecule has 0 aromatic carbocycles. The van der Waals surface area contributed by atoms with Crippen LogP contribution in [0.2, 0.25) is 4.34 Å². The molecule has 1 aliphatic heterocycles. The highest BCUT2D eigenvalue weighted by Crippen LogP contribution is 2.53. The van der Waals surface area contributed by atoms with Crippen LogP contribution >= 0.6 is 22.9 Å². The van der Waals surface area contributed by atoms with Crippen molar-refractivity contribution in [3.63, 3.8) is 0 Å². The topological polar surface area (TPSA) is 92.5 Å². The van der Waals surface area contributed by atoms with Crippen molar-refractivity contribution >= 4 is 40.7 Å². The first kappa shape index (κ1) is 18.7. The maximum atomic E-state index is 13.2. The van der Waals surface area contributed by atoms with Crippen molar-refractivity contribution in [3.05, 3.63) is 21.3 Å². The molecule has 3 N–H and O–H groups in total. The highest BCUT2D eigenvalue weighted by Gasteiger charge is 2.56. The minimum Gasteiger partial charge on any atom is -0.370 e. The number of hydrogen-bond donors (Lipinski definition) is 2. The van der Waals surface area contributed by atoms with E-state index in [9.17, 15) is 14.4 Å². The number of hydrogen-bond acceptors (Lipinski definition) is 4. The van der Waals surface area contributed by atoms with E-state index in [-0.39, 0.29) is 18.2 Å². The Morgan fingerprint density at radius 1 is 1.46 bits per heavy atom. The van der Waals surface area contributed by atoms with Crippen LogP contribution < -0.4 is 11.1 Å². The van der Waals surface area contributed by atoms with E-state index < -0.39 is 23.4 Å². The van der Waals surface area contributed by atoms with Crippen LogP contribution in [0.1, 0.15) is 37.0 Å². The van der Waals surface area contributed by atoms with Gasteiger partial charge in [-0.2, -0.15) is 0 Å². The number of nitrogens with two attached hydrogens (primary N) is 1. The molecular formula is C18H20ClN3O3S. The quantitative estimate of drug-likeness (QED) is 0.716. The molecule has 6 nitrogen and oxygen atoms in total. The van der Waals surface area contributed by atoms with E-state index in [0.717, 1.165) is 24.1 Å². The molecule has 3 amide bonds. The molecule has 2 heterocycles. The van der Waals surface area contributed by atoms with Crippen LogP contribution in [0.4, 0.5) is 0 Å². The third-order valence-electron chi connectivity index (χ3n) is 4.94. The maximum absolute atomic E-state index is 13.2. The Labute approximate surface area is 161 Å². The van der Waals surface area contributed by atoms with Gasteiger partial charge < -0.3 is 16.0 Å². The molecule has 1 saturated carbocycles. The van der Waals surface area contributed by atoms with E-state index in [4.69, 9.17) is 23.8 Å². The molecule has 1 saturated heterocycles. The Hall–Kier alpha value is -2.04. The smallest absolute Gasteiger partial charge is 0.243 e. The SMILES string of the molecule is C#C[C@H](CC(N)=O)NC(=O)[C@@H]1CCCN1C(=O)C1(c2ccc(Cl)s2)CC1. The Bertz CT molecular complexity index is 781. The second-order valence-corrected chi connectivity index (χ2v) is 8.46. The van der Waals surface area contributed by atoms with Crippen molar-refractivity contribution in [1.29, 1.82) is 0 Å². The predicted molar refractivity (Wildman–Crippen MR) is 99.6 cm³/mol. The first-order chi connectivity index (χ1) is 12.4. The van der Waals surface area contributed by atoms with Gasteiger partial charge in [0.05, 0.1) is 22.2 Å². The normalized spacial score (nSPS) is 21.7. The number of thiophene rings is 1. The summed E-state index contributed by atoms with van der Waals surface area (Å²) >= 11 is 7.44. The fourth-order valence-corrected chi connectivity index (χ4v) is 4.72. The zero-order chi connectivity index (χ0) is 18.9. The molecule has 2 aliphatic rings. The summed E-state index contributed by atoms with van der Waals surface area (Å²) in [5.74, 6) is 1.41. The largest absolute Gasteiger partial charge is 0.370 e. The molecule has 2 atom stereocenters. The Morgan fingerprint density at radius 2 is 2.19 bits per heavy atom. The van der Waals surface area contributed by atoms with Crippen LogP contribution in [-0.2, 0) is 19.8 Å². The van der Waals surface area contributed by atoms with E-state index in [1.807, 2.05) is 6.07 Å². The number of amides is 3. The van der Waals surface area contributed by atoms with Crippen molar-refractivity contribution in [2.24, 2.45) is 5.73 Å². The third kappa shape index (κ3) is 3.57. The van der Waals surface area contributed by atoms with Gasteiger partial charge in [-0.3, -0.25) is 14.4 Å². The van der Waals surface area contributed by atoms with Crippen molar-refractivity contribution in [2.75, 3.05) is 6.54 Å². The molecule has 2 fully saturated rings. The summed E-state index contributed by atoms with van der Waals surface area (Å²) < 4.78 is 0.651. The third-order valence-corrected chi connectivity index (χ3v) is 6.38. The Kier molecular flexibility index (Phi) is 5.26. The van der Waals surface area contributed by atoms with Crippen molar-refractivity contribution in [2.45, 2.75) is 49.6 Å². The molecule has 0 radical (unpaired) electrons. The fourth-order valence-electron chi connectivity index (χ4n) is 3.44. The number of nitrogens with one attached hydrogen (secondary N) is 1. The number of terminal acetylenes is 1. The second-order valence-electron chi connectivity index (χ2n) is 6.74. The van der Waals surface area contributed by atoms with Gasteiger partial charge in [-0.15, -0.1) is 17.8 Å². The molecule has 3 rings (SSSR count). The summed E-state index contributed by atoms with van der Waals surface area (Å²) in [6.45, 7) is 0.536. The van der Waals surface area contributed by atoms with Gasteiger partial charge in [-0.25, -0.2) is 0 Å². The first-order valence-corrected chi connectivity index (χ1v) is 9.68. The molecule has 0 unspecified atom stereocenters. The minimum atomic E-state index is -0.761. The molecule has 138 valence electrons. The number of nitrogens with zero attached hydrogens (tertiary/aromatic N) is 1. The van der Waals surface area contributed by atoms with Crippen LogP contribution in [0.15, 0.2) is 12.1 Å². The number of rotatable bonds is 6.